The van der Waals surface area contributed by atoms with E-state index in [0.717, 1.165) is 5.56 Å². The molecule has 6 heteroatoms. The highest BCUT2D eigenvalue weighted by Gasteiger charge is 2.27. The van der Waals surface area contributed by atoms with Gasteiger partial charge in [-0.15, -0.1) is 0 Å². The summed E-state index contributed by atoms with van der Waals surface area (Å²) in [6.07, 6.45) is 2.97. The number of hydrogen-bond donors (Lipinski definition) is 0. The van der Waals surface area contributed by atoms with Crippen LogP contribution < -0.4 is 0 Å². The summed E-state index contributed by atoms with van der Waals surface area (Å²) in [7, 11) is 1.71. The van der Waals surface area contributed by atoms with Crippen LogP contribution in [0.15, 0.2) is 42.7 Å². The van der Waals surface area contributed by atoms with E-state index in [1.165, 1.54) is 10.9 Å². The van der Waals surface area contributed by atoms with Crippen molar-refractivity contribution < 1.29 is 14.3 Å². The summed E-state index contributed by atoms with van der Waals surface area (Å²) in [6, 6.07) is 9.73. The Morgan fingerprint density at radius 1 is 1.21 bits per heavy atom. The standard InChI is InChI=1S/C18H23N3O3/c1-18(2,3)21(11-14-8-6-5-7-9-14)16(22)13-24-17(23)15-10-19-20(4)12-15/h5-10,12H,11,13H2,1-4H3. The first kappa shape index (κ1) is 17.7. The number of carbonyl (C=O) groups is 2. The molecule has 1 aromatic heterocycles. The van der Waals surface area contributed by atoms with Crippen LogP contribution in [0.5, 0.6) is 0 Å². The van der Waals surface area contributed by atoms with Gasteiger partial charge in [-0.1, -0.05) is 30.3 Å². The van der Waals surface area contributed by atoms with E-state index in [-0.39, 0.29) is 18.1 Å². The summed E-state index contributed by atoms with van der Waals surface area (Å²) in [5, 5.41) is 3.92. The Morgan fingerprint density at radius 2 is 1.88 bits per heavy atom. The zero-order valence-electron chi connectivity index (χ0n) is 14.5. The van der Waals surface area contributed by atoms with Crippen molar-refractivity contribution in [3.63, 3.8) is 0 Å². The molecule has 0 saturated heterocycles. The van der Waals surface area contributed by atoms with Crippen molar-refractivity contribution in [2.75, 3.05) is 6.61 Å². The topological polar surface area (TPSA) is 64.4 Å². The van der Waals surface area contributed by atoms with E-state index >= 15 is 0 Å². The van der Waals surface area contributed by atoms with Gasteiger partial charge >= 0.3 is 5.97 Å². The fourth-order valence-electron chi connectivity index (χ4n) is 2.28. The molecule has 0 bridgehead atoms. The molecular formula is C18H23N3O3. The molecule has 24 heavy (non-hydrogen) atoms. The molecule has 1 aromatic carbocycles. The molecule has 1 heterocycles. The number of carbonyl (C=O) groups excluding carboxylic acids is 2. The Bertz CT molecular complexity index is 702. The quantitative estimate of drug-likeness (QED) is 0.790. The van der Waals surface area contributed by atoms with E-state index in [1.807, 2.05) is 51.1 Å². The summed E-state index contributed by atoms with van der Waals surface area (Å²) in [6.45, 7) is 6.04. The van der Waals surface area contributed by atoms with Crippen LogP contribution in [0, 0.1) is 0 Å². The lowest BCUT2D eigenvalue weighted by atomic mass is 10.0. The van der Waals surface area contributed by atoms with Crippen molar-refractivity contribution in [3.05, 3.63) is 53.9 Å². The molecule has 2 rings (SSSR count). The molecule has 0 aliphatic heterocycles. The SMILES string of the molecule is Cn1cc(C(=O)OCC(=O)N(Cc2ccccc2)C(C)(C)C)cn1. The predicted molar refractivity (Wildman–Crippen MR) is 90.2 cm³/mol. The highest BCUT2D eigenvalue weighted by Crippen LogP contribution is 2.18. The molecule has 0 aliphatic carbocycles. The van der Waals surface area contributed by atoms with Crippen molar-refractivity contribution in [3.8, 4) is 0 Å². The molecule has 0 fully saturated rings. The molecule has 2 aromatic rings. The second-order valence-electron chi connectivity index (χ2n) is 6.62. The number of aryl methyl sites for hydroxylation is 1. The molecular weight excluding hydrogens is 306 g/mol. The first-order valence-corrected chi connectivity index (χ1v) is 7.77. The van der Waals surface area contributed by atoms with Gasteiger partial charge in [-0.25, -0.2) is 4.79 Å². The Hall–Kier alpha value is -2.63. The smallest absolute Gasteiger partial charge is 0.341 e. The van der Waals surface area contributed by atoms with Crippen molar-refractivity contribution in [2.24, 2.45) is 7.05 Å². The van der Waals surface area contributed by atoms with E-state index < -0.39 is 5.97 Å². The maximum absolute atomic E-state index is 12.6. The van der Waals surface area contributed by atoms with Gasteiger partial charge in [-0.2, -0.15) is 5.10 Å². The maximum atomic E-state index is 12.6. The van der Waals surface area contributed by atoms with Gasteiger partial charge in [0.15, 0.2) is 6.61 Å². The van der Waals surface area contributed by atoms with Gasteiger partial charge in [-0.05, 0) is 26.3 Å². The van der Waals surface area contributed by atoms with Gasteiger partial charge in [0.05, 0.1) is 11.8 Å². The summed E-state index contributed by atoms with van der Waals surface area (Å²) >= 11 is 0. The van der Waals surface area contributed by atoms with E-state index in [1.54, 1.807) is 18.1 Å². The van der Waals surface area contributed by atoms with Crippen LogP contribution in [0.2, 0.25) is 0 Å². The molecule has 0 aliphatic rings. The van der Waals surface area contributed by atoms with Gasteiger partial charge in [0.2, 0.25) is 0 Å². The summed E-state index contributed by atoms with van der Waals surface area (Å²) in [4.78, 5) is 26.2. The Balaban J connectivity index is 2.01. The van der Waals surface area contributed by atoms with Crippen LogP contribution in [-0.4, -0.2) is 38.7 Å². The molecule has 0 atom stereocenters. The lowest BCUT2D eigenvalue weighted by Crippen LogP contribution is -2.46. The van der Waals surface area contributed by atoms with Crippen molar-refractivity contribution in [1.82, 2.24) is 14.7 Å². The third-order valence-corrected chi connectivity index (χ3v) is 3.56. The molecule has 128 valence electrons. The van der Waals surface area contributed by atoms with Crippen LogP contribution in [0.3, 0.4) is 0 Å². The number of benzene rings is 1. The largest absolute Gasteiger partial charge is 0.452 e. The summed E-state index contributed by atoms with van der Waals surface area (Å²) in [5.41, 5.74) is 0.975. The Kier molecular flexibility index (Phi) is 5.39. The maximum Gasteiger partial charge on any atom is 0.341 e. The van der Waals surface area contributed by atoms with Crippen LogP contribution in [0.25, 0.3) is 0 Å². The third kappa shape index (κ3) is 4.68. The zero-order chi connectivity index (χ0) is 17.7. The zero-order valence-corrected chi connectivity index (χ0v) is 14.5. The van der Waals surface area contributed by atoms with Crippen molar-refractivity contribution in [1.29, 1.82) is 0 Å². The fraction of sp³-hybridized carbons (Fsp3) is 0.389. The number of esters is 1. The second-order valence-corrected chi connectivity index (χ2v) is 6.62. The minimum Gasteiger partial charge on any atom is -0.452 e. The minimum atomic E-state index is -0.551. The van der Waals surface area contributed by atoms with E-state index in [4.69, 9.17) is 4.74 Å². The van der Waals surface area contributed by atoms with Gasteiger partial charge in [0.25, 0.3) is 5.91 Å². The van der Waals surface area contributed by atoms with Crippen LogP contribution >= 0.6 is 0 Å². The lowest BCUT2D eigenvalue weighted by molar-refractivity contribution is -0.140. The monoisotopic (exact) mass is 329 g/mol. The second kappa shape index (κ2) is 7.29. The van der Waals surface area contributed by atoms with Gasteiger partial charge in [0.1, 0.15) is 0 Å². The first-order valence-electron chi connectivity index (χ1n) is 7.77. The van der Waals surface area contributed by atoms with E-state index in [9.17, 15) is 9.59 Å². The molecule has 0 unspecified atom stereocenters. The molecule has 0 radical (unpaired) electrons. The molecule has 6 nitrogen and oxygen atoms in total. The van der Waals surface area contributed by atoms with Crippen molar-refractivity contribution in [2.45, 2.75) is 32.9 Å². The normalized spacial score (nSPS) is 11.2. The predicted octanol–water partition coefficient (Wildman–Crippen LogP) is 2.40. The number of ether oxygens (including phenoxy) is 1. The summed E-state index contributed by atoms with van der Waals surface area (Å²) in [5.74, 6) is -0.784. The number of aromatic nitrogens is 2. The van der Waals surface area contributed by atoms with Crippen LogP contribution in [0.4, 0.5) is 0 Å². The van der Waals surface area contributed by atoms with Crippen molar-refractivity contribution >= 4 is 11.9 Å². The fourth-order valence-corrected chi connectivity index (χ4v) is 2.28. The minimum absolute atomic E-state index is 0.233. The molecule has 0 saturated carbocycles. The van der Waals surface area contributed by atoms with E-state index in [2.05, 4.69) is 5.10 Å². The van der Waals surface area contributed by atoms with Gasteiger partial charge in [0, 0.05) is 25.3 Å². The number of amides is 1. The highest BCUT2D eigenvalue weighted by molar-refractivity contribution is 5.90. The molecule has 0 spiro atoms. The third-order valence-electron chi connectivity index (χ3n) is 3.56. The number of rotatable bonds is 5. The molecule has 1 amide bonds. The Morgan fingerprint density at radius 3 is 2.42 bits per heavy atom. The lowest BCUT2D eigenvalue weighted by Gasteiger charge is -2.35. The highest BCUT2D eigenvalue weighted by atomic mass is 16.5. The van der Waals surface area contributed by atoms with Crippen LogP contribution in [-0.2, 0) is 23.1 Å². The number of hydrogen-bond acceptors (Lipinski definition) is 4. The average Bonchev–Trinajstić information content (AvgIpc) is 2.96. The Labute approximate surface area is 142 Å². The van der Waals surface area contributed by atoms with Crippen LogP contribution in [0.1, 0.15) is 36.7 Å². The molecule has 0 N–H and O–H groups in total. The summed E-state index contributed by atoms with van der Waals surface area (Å²) < 4.78 is 6.64. The average molecular weight is 329 g/mol. The number of nitrogens with zero attached hydrogens (tertiary/aromatic N) is 3. The van der Waals surface area contributed by atoms with Gasteiger partial charge < -0.3 is 9.64 Å². The first-order chi connectivity index (χ1) is 11.3. The van der Waals surface area contributed by atoms with Gasteiger partial charge in [-0.3, -0.25) is 9.48 Å². The van der Waals surface area contributed by atoms with E-state index in [0.29, 0.717) is 12.1 Å².